The minimum atomic E-state index is -0.589. The lowest BCUT2D eigenvalue weighted by Gasteiger charge is -2.24. The second-order valence-corrected chi connectivity index (χ2v) is 7.39. The van der Waals surface area contributed by atoms with Crippen molar-refractivity contribution in [2.75, 3.05) is 62.7 Å². The van der Waals surface area contributed by atoms with Crippen LogP contribution in [0.5, 0.6) is 0 Å². The summed E-state index contributed by atoms with van der Waals surface area (Å²) in [7, 11) is 1.59. The van der Waals surface area contributed by atoms with Crippen LogP contribution < -0.4 is 31.4 Å². The van der Waals surface area contributed by atoms with Gasteiger partial charge in [0.05, 0.1) is 31.0 Å². The zero-order valence-electron chi connectivity index (χ0n) is 18.5. The lowest BCUT2D eigenvalue weighted by molar-refractivity contribution is -0.133. The maximum atomic E-state index is 15.0. The number of halogens is 1. The van der Waals surface area contributed by atoms with Gasteiger partial charge in [-0.25, -0.2) is 14.6 Å². The fourth-order valence-corrected chi connectivity index (χ4v) is 3.49. The first-order valence-electron chi connectivity index (χ1n) is 10.5. The van der Waals surface area contributed by atoms with Crippen LogP contribution in [-0.4, -0.2) is 81.9 Å². The van der Waals surface area contributed by atoms with Gasteiger partial charge in [-0.15, -0.1) is 0 Å². The summed E-state index contributed by atoms with van der Waals surface area (Å²) in [4.78, 5) is 38.7. The molecule has 0 saturated carbocycles. The van der Waals surface area contributed by atoms with Gasteiger partial charge in [0.15, 0.2) is 0 Å². The highest BCUT2D eigenvalue weighted by Gasteiger charge is 2.33. The van der Waals surface area contributed by atoms with Crippen LogP contribution in [0.3, 0.4) is 0 Å². The van der Waals surface area contributed by atoms with Crippen molar-refractivity contribution in [3.05, 3.63) is 24.0 Å². The highest BCUT2D eigenvalue weighted by molar-refractivity contribution is 5.90. The van der Waals surface area contributed by atoms with E-state index in [1.165, 1.54) is 22.9 Å². The first kappa shape index (κ1) is 24.0. The van der Waals surface area contributed by atoms with Crippen LogP contribution >= 0.6 is 0 Å². The van der Waals surface area contributed by atoms with Crippen molar-refractivity contribution in [3.63, 3.8) is 0 Å². The molecular formula is C19H28FN9O4. The van der Waals surface area contributed by atoms with E-state index in [9.17, 15) is 18.8 Å². The molecule has 1 atom stereocenters. The van der Waals surface area contributed by atoms with Crippen molar-refractivity contribution in [2.24, 2.45) is 10.4 Å². The average molecular weight is 465 g/mol. The van der Waals surface area contributed by atoms with Crippen LogP contribution in [0.25, 0.3) is 0 Å². The summed E-state index contributed by atoms with van der Waals surface area (Å²) < 4.78 is 20.2. The molecule has 4 N–H and O–H groups in total. The van der Waals surface area contributed by atoms with Crippen molar-refractivity contribution in [1.82, 2.24) is 26.6 Å². The second kappa shape index (κ2) is 11.3. The second-order valence-electron chi connectivity index (χ2n) is 7.39. The highest BCUT2D eigenvalue weighted by atomic mass is 19.1. The molecule has 0 spiro atoms. The van der Waals surface area contributed by atoms with Crippen LogP contribution in [-0.2, 0) is 14.3 Å². The van der Waals surface area contributed by atoms with E-state index < -0.39 is 18.0 Å². The summed E-state index contributed by atoms with van der Waals surface area (Å²) in [5, 5.41) is 11.1. The van der Waals surface area contributed by atoms with Gasteiger partial charge in [0.1, 0.15) is 18.5 Å². The van der Waals surface area contributed by atoms with Crippen LogP contribution in [0.15, 0.2) is 28.6 Å². The molecule has 33 heavy (non-hydrogen) atoms. The van der Waals surface area contributed by atoms with E-state index in [0.717, 1.165) is 0 Å². The molecule has 0 bridgehead atoms. The number of nitrogens with zero attached hydrogens (tertiary/aromatic N) is 5. The Hall–Kier alpha value is -3.68. The fraction of sp³-hybridized carbons (Fsp3) is 0.526. The largest absolute Gasteiger partial charge is 0.442 e. The van der Waals surface area contributed by atoms with Crippen molar-refractivity contribution in [2.45, 2.75) is 13.0 Å². The molecule has 0 radical (unpaired) electrons. The maximum absolute atomic E-state index is 15.0. The number of carbonyl (C=O) groups is 3. The lowest BCUT2D eigenvalue weighted by Crippen LogP contribution is -2.46. The van der Waals surface area contributed by atoms with Crippen molar-refractivity contribution < 1.29 is 23.5 Å². The number of rotatable bonds is 8. The summed E-state index contributed by atoms with van der Waals surface area (Å²) in [6.45, 7) is 3.43. The maximum Gasteiger partial charge on any atom is 0.414 e. The Labute approximate surface area is 190 Å². The van der Waals surface area contributed by atoms with Gasteiger partial charge in [-0.05, 0) is 18.2 Å². The van der Waals surface area contributed by atoms with Gasteiger partial charge in [0, 0.05) is 33.6 Å². The quantitative estimate of drug-likeness (QED) is 0.298. The van der Waals surface area contributed by atoms with Gasteiger partial charge in [-0.2, -0.15) is 0 Å². The van der Waals surface area contributed by atoms with E-state index >= 15 is 0 Å². The third kappa shape index (κ3) is 6.41. The van der Waals surface area contributed by atoms with Gasteiger partial charge < -0.3 is 15.0 Å². The summed E-state index contributed by atoms with van der Waals surface area (Å²) in [5.41, 5.74) is 8.77. The number of nitrogens with one attached hydrogen (secondary N) is 4. The number of hydrogen-bond donors (Lipinski definition) is 4. The Morgan fingerprint density at radius 1 is 1.27 bits per heavy atom. The predicted octanol–water partition coefficient (Wildman–Crippen LogP) is -0.469. The number of amides is 3. The summed E-state index contributed by atoms with van der Waals surface area (Å²) in [6, 6.07) is 4.55. The predicted molar refractivity (Wildman–Crippen MR) is 117 cm³/mol. The van der Waals surface area contributed by atoms with E-state index in [-0.39, 0.29) is 31.4 Å². The first-order chi connectivity index (χ1) is 15.9. The molecular weight excluding hydrogens is 437 g/mol. The van der Waals surface area contributed by atoms with Gasteiger partial charge >= 0.3 is 6.09 Å². The average Bonchev–Trinajstić information content (AvgIpc) is 2.99. The molecule has 13 nitrogen and oxygen atoms in total. The molecule has 3 amide bonds. The van der Waals surface area contributed by atoms with Crippen molar-refractivity contribution in [1.29, 1.82) is 0 Å². The van der Waals surface area contributed by atoms with Crippen LogP contribution in [0.2, 0.25) is 0 Å². The smallest absolute Gasteiger partial charge is 0.414 e. The van der Waals surface area contributed by atoms with Crippen LogP contribution in [0.1, 0.15) is 6.92 Å². The molecule has 14 heteroatoms. The third-order valence-electron chi connectivity index (χ3n) is 5.07. The lowest BCUT2D eigenvalue weighted by atomic mass is 10.2. The Balaban J connectivity index is 1.58. The normalized spacial score (nSPS) is 18.8. The molecule has 2 aliphatic rings. The van der Waals surface area contributed by atoms with Gasteiger partial charge in [0.2, 0.25) is 5.91 Å². The van der Waals surface area contributed by atoms with Crippen LogP contribution in [0, 0.1) is 5.82 Å². The number of hydrazine groups is 1. The van der Waals surface area contributed by atoms with Crippen molar-refractivity contribution in [3.8, 4) is 0 Å². The summed E-state index contributed by atoms with van der Waals surface area (Å²) in [6.07, 6.45) is -1.09. The number of anilines is 2. The molecule has 0 aromatic heterocycles. The number of carbonyl (C=O) groups excluding carboxylic acids is 3. The van der Waals surface area contributed by atoms with E-state index in [0.29, 0.717) is 37.6 Å². The molecule has 2 saturated heterocycles. The first-order valence-corrected chi connectivity index (χ1v) is 10.5. The molecule has 0 aliphatic carbocycles. The van der Waals surface area contributed by atoms with E-state index in [1.54, 1.807) is 19.2 Å². The fourth-order valence-electron chi connectivity index (χ4n) is 3.49. The third-order valence-corrected chi connectivity index (χ3v) is 5.07. The minimum absolute atomic E-state index is 0.0316. The Morgan fingerprint density at radius 3 is 2.82 bits per heavy atom. The molecule has 0 unspecified atom stereocenters. The highest BCUT2D eigenvalue weighted by Crippen LogP contribution is 2.28. The SMILES string of the molecule is CN/N=N\NCC(=O)N1CCN(c2ccc(N3C[C@H](CNC(C)=O)OC3=O)cc2F)CCN1. The minimum Gasteiger partial charge on any atom is -0.442 e. The number of hydrogen-bond acceptors (Lipinski definition) is 8. The molecule has 180 valence electrons. The van der Waals surface area contributed by atoms with Gasteiger partial charge in [-0.1, -0.05) is 10.4 Å². The molecule has 1 aromatic rings. The molecule has 1 aromatic carbocycles. The van der Waals surface area contributed by atoms with E-state index in [1.807, 2.05) is 4.90 Å². The van der Waals surface area contributed by atoms with Crippen molar-refractivity contribution >= 4 is 29.3 Å². The summed E-state index contributed by atoms with van der Waals surface area (Å²) >= 11 is 0. The number of benzene rings is 1. The molecule has 2 fully saturated rings. The zero-order chi connectivity index (χ0) is 23.8. The molecule has 3 rings (SSSR count). The van der Waals surface area contributed by atoms with Crippen LogP contribution in [0.4, 0.5) is 20.6 Å². The van der Waals surface area contributed by atoms with Gasteiger partial charge in [0.25, 0.3) is 5.91 Å². The zero-order valence-corrected chi connectivity index (χ0v) is 18.5. The van der Waals surface area contributed by atoms with Gasteiger partial charge in [-0.3, -0.25) is 30.3 Å². The topological polar surface area (TPSA) is 143 Å². The van der Waals surface area contributed by atoms with E-state index in [2.05, 4.69) is 32.0 Å². The van der Waals surface area contributed by atoms with E-state index in [4.69, 9.17) is 4.74 Å². The molecule has 2 heterocycles. The summed E-state index contributed by atoms with van der Waals surface area (Å²) in [5.74, 6) is -0.925. The standard InChI is InChI=1S/C19H28FN9O4/c1-13(30)22-10-15-12-28(19(32)33-15)14-3-4-17(16(20)9-14)27-6-5-24-29(8-7-27)18(31)11-23-26-25-21-2/h3-4,9,15,24H,5-8,10-12H2,1-2H3,(H,21,26)(H,22,30)(H,23,25)/t15-/m0/s1. The monoisotopic (exact) mass is 465 g/mol. The Bertz CT molecular complexity index is 900. The molecule has 2 aliphatic heterocycles. The Morgan fingerprint density at radius 2 is 2.09 bits per heavy atom. The number of cyclic esters (lactones) is 1. The Kier molecular flexibility index (Phi) is 8.18. The number of ether oxygens (including phenoxy) is 1.